The third-order valence-electron chi connectivity index (χ3n) is 4.12. The number of para-hydroxylation sites is 1. The molecule has 0 atom stereocenters. The van der Waals surface area contributed by atoms with Crippen LogP contribution in [0.5, 0.6) is 0 Å². The Hall–Kier alpha value is -2.58. The van der Waals surface area contributed by atoms with Gasteiger partial charge in [-0.05, 0) is 30.2 Å². The molecule has 3 aromatic rings. The second-order valence-corrected chi connectivity index (χ2v) is 6.87. The highest BCUT2D eigenvalue weighted by Gasteiger charge is 2.12. The highest BCUT2D eigenvalue weighted by atomic mass is 32.2. The van der Waals surface area contributed by atoms with Gasteiger partial charge >= 0.3 is 0 Å². The Morgan fingerprint density at radius 1 is 0.917 bits per heavy atom. The van der Waals surface area contributed by atoms with E-state index in [2.05, 4.69) is 73.3 Å². The van der Waals surface area contributed by atoms with Crippen molar-refractivity contribution < 1.29 is 0 Å². The smallest absolute Gasteiger partial charge is 0.0720 e. The van der Waals surface area contributed by atoms with E-state index in [1.165, 1.54) is 10.5 Å². The molecule has 0 radical (unpaired) electrons. The summed E-state index contributed by atoms with van der Waals surface area (Å²) in [5, 5.41) is 1.16. The van der Waals surface area contributed by atoms with Gasteiger partial charge in [0.15, 0.2) is 0 Å². The second kappa shape index (κ2) is 6.50. The molecule has 0 saturated heterocycles. The second-order valence-electron chi connectivity index (χ2n) is 5.73. The predicted octanol–water partition coefficient (Wildman–Crippen LogP) is 6.04. The van der Waals surface area contributed by atoms with Crippen LogP contribution in [-0.2, 0) is 6.42 Å². The predicted molar refractivity (Wildman–Crippen MR) is 104 cm³/mol. The van der Waals surface area contributed by atoms with Gasteiger partial charge in [0.2, 0.25) is 0 Å². The molecule has 2 heterocycles. The molecule has 1 nitrogen and oxygen atoms in total. The molecule has 0 amide bonds. The van der Waals surface area contributed by atoms with E-state index in [-0.39, 0.29) is 0 Å². The molecular weight excluding hydrogens is 310 g/mol. The average Bonchev–Trinajstić information content (AvgIpc) is 2.70. The number of thioether (sulfide) groups is 1. The summed E-state index contributed by atoms with van der Waals surface area (Å²) in [5.41, 5.74) is 4.40. The van der Waals surface area contributed by atoms with Crippen LogP contribution in [-0.4, -0.2) is 4.98 Å². The molecule has 0 N–H and O–H groups in total. The number of allylic oxidation sites excluding steroid dienone is 4. The summed E-state index contributed by atoms with van der Waals surface area (Å²) in [7, 11) is 0. The van der Waals surface area contributed by atoms with Crippen LogP contribution in [0.4, 0.5) is 0 Å². The van der Waals surface area contributed by atoms with Gasteiger partial charge in [-0.3, -0.25) is 0 Å². The largest absolute Gasteiger partial charge is 0.248 e. The van der Waals surface area contributed by atoms with Crippen molar-refractivity contribution in [3.8, 4) is 0 Å². The molecule has 0 spiro atoms. The maximum atomic E-state index is 4.83. The fourth-order valence-corrected chi connectivity index (χ4v) is 3.83. The number of pyridine rings is 1. The summed E-state index contributed by atoms with van der Waals surface area (Å²) in [6.07, 6.45) is 7.36. The molecular formula is C22H17NS. The number of hydrogen-bond acceptors (Lipinski definition) is 2. The summed E-state index contributed by atoms with van der Waals surface area (Å²) in [4.78, 5) is 7.12. The van der Waals surface area contributed by atoms with Gasteiger partial charge in [0.25, 0.3) is 0 Å². The maximum absolute atomic E-state index is 4.83. The number of aromatic nitrogens is 1. The lowest BCUT2D eigenvalue weighted by Crippen LogP contribution is -1.92. The first-order chi connectivity index (χ1) is 11.8. The molecule has 24 heavy (non-hydrogen) atoms. The van der Waals surface area contributed by atoms with Gasteiger partial charge in [0.1, 0.15) is 0 Å². The Bertz CT molecular complexity index is 982. The molecule has 1 aliphatic heterocycles. The molecule has 116 valence electrons. The van der Waals surface area contributed by atoms with E-state index >= 15 is 0 Å². The van der Waals surface area contributed by atoms with Crippen LogP contribution in [0.25, 0.3) is 16.5 Å². The van der Waals surface area contributed by atoms with Gasteiger partial charge in [-0.2, -0.15) is 0 Å². The highest BCUT2D eigenvalue weighted by molar-refractivity contribution is 8.03. The zero-order valence-electron chi connectivity index (χ0n) is 13.3. The summed E-state index contributed by atoms with van der Waals surface area (Å²) < 4.78 is 0. The number of nitrogens with zero attached hydrogens (tertiary/aromatic N) is 1. The minimum Gasteiger partial charge on any atom is -0.248 e. The summed E-state index contributed by atoms with van der Waals surface area (Å²) in [6.45, 7) is 4.32. The number of benzene rings is 2. The number of fused-ring (bicyclic) bond motifs is 2. The number of hydrogen-bond donors (Lipinski definition) is 0. The monoisotopic (exact) mass is 327 g/mol. The average molecular weight is 327 g/mol. The third kappa shape index (κ3) is 2.93. The van der Waals surface area contributed by atoms with Crippen LogP contribution in [0.2, 0.25) is 0 Å². The number of rotatable bonds is 1. The SMILES string of the molecule is C=C1Sc2ccccc2C/C=C\C=C1c1ccc2ccccc2n1. The van der Waals surface area contributed by atoms with Crippen LogP contribution in [0.1, 0.15) is 11.3 Å². The van der Waals surface area contributed by atoms with Gasteiger partial charge in [0, 0.05) is 20.8 Å². The molecule has 2 aromatic carbocycles. The van der Waals surface area contributed by atoms with Gasteiger partial charge < -0.3 is 0 Å². The standard InChI is InChI=1S/C22H17NS/c1-16-19(21-15-14-17-8-3-6-12-20(17)23-21)11-5-2-9-18-10-4-7-13-22(18)24-16/h2-8,10-15H,1,9H2/b5-2-,19-11?. The molecule has 1 aliphatic rings. The van der Waals surface area contributed by atoms with Crippen molar-refractivity contribution in [1.29, 1.82) is 0 Å². The van der Waals surface area contributed by atoms with Crippen molar-refractivity contribution in [2.24, 2.45) is 0 Å². The molecule has 2 heteroatoms. The molecule has 0 fully saturated rings. The Kier molecular flexibility index (Phi) is 4.06. The zero-order chi connectivity index (χ0) is 16.4. The minimum absolute atomic E-state index is 0.936. The molecule has 0 unspecified atom stereocenters. The topological polar surface area (TPSA) is 12.9 Å². The zero-order valence-corrected chi connectivity index (χ0v) is 14.1. The van der Waals surface area contributed by atoms with E-state index < -0.39 is 0 Å². The Morgan fingerprint density at radius 3 is 2.71 bits per heavy atom. The summed E-state index contributed by atoms with van der Waals surface area (Å²) in [5.74, 6) is 0. The summed E-state index contributed by atoms with van der Waals surface area (Å²) in [6, 6.07) is 20.9. The lowest BCUT2D eigenvalue weighted by atomic mass is 10.1. The van der Waals surface area contributed by atoms with E-state index in [1.807, 2.05) is 12.1 Å². The molecule has 0 bridgehead atoms. The van der Waals surface area contributed by atoms with E-state index in [9.17, 15) is 0 Å². The Balaban J connectivity index is 1.77. The van der Waals surface area contributed by atoms with Crippen LogP contribution in [0, 0.1) is 0 Å². The highest BCUT2D eigenvalue weighted by Crippen LogP contribution is 2.38. The first-order valence-electron chi connectivity index (χ1n) is 7.99. The Morgan fingerprint density at radius 2 is 1.75 bits per heavy atom. The van der Waals surface area contributed by atoms with Gasteiger partial charge in [-0.15, -0.1) is 0 Å². The molecule has 1 aromatic heterocycles. The van der Waals surface area contributed by atoms with Crippen LogP contribution >= 0.6 is 11.8 Å². The lowest BCUT2D eigenvalue weighted by Gasteiger charge is -2.12. The van der Waals surface area contributed by atoms with Crippen molar-refractivity contribution in [3.05, 3.63) is 102 Å². The first-order valence-corrected chi connectivity index (χ1v) is 8.81. The van der Waals surface area contributed by atoms with Crippen LogP contribution in [0.15, 0.2) is 95.3 Å². The van der Waals surface area contributed by atoms with Crippen molar-refractivity contribution in [1.82, 2.24) is 4.98 Å². The van der Waals surface area contributed by atoms with E-state index in [1.54, 1.807) is 11.8 Å². The fraction of sp³-hybridized carbons (Fsp3) is 0.0455. The fourth-order valence-electron chi connectivity index (χ4n) is 2.86. The van der Waals surface area contributed by atoms with Crippen molar-refractivity contribution in [2.75, 3.05) is 0 Å². The van der Waals surface area contributed by atoms with E-state index in [4.69, 9.17) is 4.98 Å². The van der Waals surface area contributed by atoms with Gasteiger partial charge in [-0.25, -0.2) is 4.98 Å². The molecule has 4 rings (SSSR count). The summed E-state index contributed by atoms with van der Waals surface area (Å²) >= 11 is 1.72. The maximum Gasteiger partial charge on any atom is 0.0720 e. The van der Waals surface area contributed by atoms with Gasteiger partial charge in [-0.1, -0.05) is 79.0 Å². The minimum atomic E-state index is 0.936. The van der Waals surface area contributed by atoms with Crippen LogP contribution in [0.3, 0.4) is 0 Å². The molecule has 0 aliphatic carbocycles. The van der Waals surface area contributed by atoms with E-state index in [0.717, 1.165) is 33.5 Å². The normalized spacial score (nSPS) is 15.8. The van der Waals surface area contributed by atoms with Crippen LogP contribution < -0.4 is 0 Å². The van der Waals surface area contributed by atoms with Crippen molar-refractivity contribution >= 4 is 28.2 Å². The van der Waals surface area contributed by atoms with Gasteiger partial charge in [0.05, 0.1) is 11.2 Å². The van der Waals surface area contributed by atoms with E-state index in [0.29, 0.717) is 0 Å². The third-order valence-corrected chi connectivity index (χ3v) is 5.20. The first kappa shape index (κ1) is 15.0. The van der Waals surface area contributed by atoms with Crippen molar-refractivity contribution in [2.45, 2.75) is 11.3 Å². The van der Waals surface area contributed by atoms with Crippen molar-refractivity contribution in [3.63, 3.8) is 0 Å². The lowest BCUT2D eigenvalue weighted by molar-refractivity contribution is 1.18. The quantitative estimate of drug-likeness (QED) is 0.540. The Labute approximate surface area is 146 Å². The molecule has 0 saturated carbocycles.